The minimum Gasteiger partial charge on any atom is -0.468 e. The summed E-state index contributed by atoms with van der Waals surface area (Å²) in [5, 5.41) is 0. The molecule has 0 aromatic rings. The second-order valence-corrected chi connectivity index (χ2v) is 1.99. The van der Waals surface area contributed by atoms with Gasteiger partial charge in [0.25, 0.3) is 19.5 Å². The van der Waals surface area contributed by atoms with Crippen LogP contribution in [0.1, 0.15) is 6.42 Å². The largest absolute Gasteiger partial charge is 0.468 e. The molecule has 0 bridgehead atoms. The van der Waals surface area contributed by atoms with Crippen molar-refractivity contribution in [3.63, 3.8) is 0 Å². The summed E-state index contributed by atoms with van der Waals surface area (Å²) in [6, 6.07) is -0.310. The van der Waals surface area contributed by atoms with Crippen LogP contribution in [0.15, 0.2) is 0 Å². The van der Waals surface area contributed by atoms with Crippen molar-refractivity contribution in [2.45, 2.75) is 12.5 Å². The molecule has 0 radical (unpaired) electrons. The summed E-state index contributed by atoms with van der Waals surface area (Å²) in [5.74, 6) is 0. The molecule has 0 fully saturated rings. The molecule has 0 aliphatic heterocycles. The van der Waals surface area contributed by atoms with E-state index in [-0.39, 0.29) is 19.3 Å². The zero-order chi connectivity index (χ0) is 9.23. The molecule has 0 saturated carbocycles. The number of carbonyl (C=O) groups is 2. The molecule has 0 saturated heterocycles. The van der Waals surface area contributed by atoms with Crippen molar-refractivity contribution in [2.75, 3.05) is 13.2 Å². The maximum Gasteiger partial charge on any atom is 0.308 e. The Morgan fingerprint density at radius 3 is 2.50 bits per heavy atom. The topological polar surface area (TPSA) is 57.0 Å². The summed E-state index contributed by atoms with van der Waals surface area (Å²) in [7, 11) is 0. The van der Waals surface area contributed by atoms with Crippen molar-refractivity contribution in [3.05, 3.63) is 4.85 Å². The van der Waals surface area contributed by atoms with Crippen LogP contribution in [0.4, 0.5) is 0 Å². The fourth-order valence-corrected chi connectivity index (χ4v) is 0.603. The number of ether oxygens (including phenoxy) is 2. The lowest BCUT2D eigenvalue weighted by atomic mass is 10.2. The first-order valence-electron chi connectivity index (χ1n) is 3.35. The van der Waals surface area contributed by atoms with Crippen molar-refractivity contribution in [1.29, 1.82) is 0 Å². The van der Waals surface area contributed by atoms with Gasteiger partial charge < -0.3 is 9.47 Å². The summed E-state index contributed by atoms with van der Waals surface area (Å²) >= 11 is 0. The van der Waals surface area contributed by atoms with Gasteiger partial charge in [-0.15, -0.1) is 0 Å². The lowest BCUT2D eigenvalue weighted by Crippen LogP contribution is -2.13. The highest BCUT2D eigenvalue weighted by Gasteiger charge is 2.16. The monoisotopic (exact) mass is 172 g/mol. The molecule has 5 nitrogen and oxygen atoms in total. The van der Waals surface area contributed by atoms with Crippen LogP contribution in [-0.2, 0) is 19.1 Å². The summed E-state index contributed by atoms with van der Waals surface area (Å²) in [6.07, 6.45) is 0.448. The van der Waals surface area contributed by atoms with Crippen LogP contribution < -0.4 is 0 Å². The molecular weight excluding hydrogens is 162 g/mol. The maximum atomic E-state index is 9.76. The summed E-state index contributed by atoms with van der Waals surface area (Å²) in [6.45, 7) is 5.97. The molecule has 1 atom stereocenters. The average molecular weight is 172 g/mol. The molecule has 0 aromatic heterocycles. The van der Waals surface area contributed by atoms with Gasteiger partial charge in [0.05, 0.1) is 13.0 Å². The third kappa shape index (κ3) is 5.23. The Hall–Kier alpha value is -1.57. The molecule has 0 heterocycles. The molecule has 0 amide bonds. The summed E-state index contributed by atoms with van der Waals surface area (Å²) < 4.78 is 8.82. The van der Waals surface area contributed by atoms with Gasteiger partial charge in [-0.25, -0.2) is 0 Å². The van der Waals surface area contributed by atoms with E-state index in [0.29, 0.717) is 19.4 Å². The van der Waals surface area contributed by atoms with Gasteiger partial charge in [0.15, 0.2) is 6.61 Å². The third-order valence-electron chi connectivity index (χ3n) is 1.20. The van der Waals surface area contributed by atoms with Gasteiger partial charge >= 0.3 is 6.04 Å². The Morgan fingerprint density at radius 2 is 2.00 bits per heavy atom. The van der Waals surface area contributed by atoms with Gasteiger partial charge in [0.1, 0.15) is 0 Å². The molecule has 0 aliphatic rings. The van der Waals surface area contributed by atoms with Crippen molar-refractivity contribution in [3.8, 4) is 6.57 Å². The Kier molecular flexibility index (Phi) is 6.55. The number of nitrogens with zero attached hydrogens (tertiary/aromatic N) is 1. The molecule has 0 spiro atoms. The van der Waals surface area contributed by atoms with E-state index in [0.717, 1.165) is 0 Å². The minimum atomic E-state index is -0.310. The summed E-state index contributed by atoms with van der Waals surface area (Å²) in [4.78, 5) is 22.9. The second kappa shape index (κ2) is 7.54. The third-order valence-corrected chi connectivity index (χ3v) is 1.20. The van der Waals surface area contributed by atoms with Crippen molar-refractivity contribution in [1.82, 2.24) is 0 Å². The van der Waals surface area contributed by atoms with Crippen molar-refractivity contribution < 1.29 is 19.1 Å². The average Bonchev–Trinajstić information content (AvgIpc) is 2.11. The van der Waals surface area contributed by atoms with Gasteiger partial charge in [0.2, 0.25) is 0 Å². The van der Waals surface area contributed by atoms with Gasteiger partial charge in [0, 0.05) is 0 Å². The van der Waals surface area contributed by atoms with Gasteiger partial charge in [-0.1, -0.05) is 4.85 Å². The predicted molar refractivity (Wildman–Crippen MR) is 40.7 cm³/mol. The van der Waals surface area contributed by atoms with Crippen LogP contribution in [0.2, 0.25) is 0 Å². The number of hydrogen-bond acceptors (Lipinski definition) is 4. The molecule has 0 aromatic carbocycles. The van der Waals surface area contributed by atoms with E-state index >= 15 is 0 Å². The molecule has 0 N–H and O–H groups in total. The fourth-order valence-electron chi connectivity index (χ4n) is 0.603. The zero-order valence-corrected chi connectivity index (χ0v) is 6.51. The first-order valence-corrected chi connectivity index (χ1v) is 3.35. The second-order valence-electron chi connectivity index (χ2n) is 1.99. The highest BCUT2D eigenvalue weighted by molar-refractivity contribution is 5.37. The van der Waals surface area contributed by atoms with E-state index in [1.54, 1.807) is 0 Å². The van der Waals surface area contributed by atoms with E-state index in [4.69, 9.17) is 6.57 Å². The Morgan fingerprint density at radius 1 is 1.33 bits per heavy atom. The van der Waals surface area contributed by atoms with Crippen LogP contribution in [-0.4, -0.2) is 32.2 Å². The first kappa shape index (κ1) is 10.4. The van der Waals surface area contributed by atoms with Crippen molar-refractivity contribution in [2.24, 2.45) is 0 Å². The lowest BCUT2D eigenvalue weighted by Gasteiger charge is -1.98. The van der Waals surface area contributed by atoms with Crippen LogP contribution in [0.25, 0.3) is 4.85 Å². The molecule has 12 heavy (non-hydrogen) atoms. The molecule has 0 aliphatic carbocycles. The standard InChI is InChI=1S/C7H10NO4/c1-8-7(4-12-6-10)2-3-11-5-9/h1,5-7H,2-4H2/q+1. The van der Waals surface area contributed by atoms with E-state index in [1.807, 2.05) is 0 Å². The molecule has 0 rings (SSSR count). The Bertz CT molecular complexity index is 175. The molecule has 5 heteroatoms. The SMILES string of the molecule is C#[N+]C(CCOC=O)COC=O. The van der Waals surface area contributed by atoms with E-state index in [2.05, 4.69) is 14.3 Å². The normalized spacial score (nSPS) is 10.9. The smallest absolute Gasteiger partial charge is 0.308 e. The van der Waals surface area contributed by atoms with Crippen LogP contribution in [0.5, 0.6) is 0 Å². The Balaban J connectivity index is 3.47. The number of carbonyl (C=O) groups excluding carboxylic acids is 2. The highest BCUT2D eigenvalue weighted by Crippen LogP contribution is 1.97. The van der Waals surface area contributed by atoms with E-state index in [9.17, 15) is 9.59 Å². The lowest BCUT2D eigenvalue weighted by molar-refractivity contribution is -0.131. The van der Waals surface area contributed by atoms with E-state index in [1.165, 1.54) is 0 Å². The fraction of sp³-hybridized carbons (Fsp3) is 0.571. The minimum absolute atomic E-state index is 0.113. The quantitative estimate of drug-likeness (QED) is 0.402. The van der Waals surface area contributed by atoms with Crippen molar-refractivity contribution >= 4 is 12.9 Å². The zero-order valence-electron chi connectivity index (χ0n) is 6.51. The summed E-state index contributed by atoms with van der Waals surface area (Å²) in [5.41, 5.74) is 0. The molecular formula is C7H10NO4+. The van der Waals surface area contributed by atoms with Crippen LogP contribution >= 0.6 is 0 Å². The number of rotatable bonds is 7. The Labute approximate surface area is 70.1 Å². The van der Waals surface area contributed by atoms with Gasteiger partial charge in [-0.05, 0) is 0 Å². The van der Waals surface area contributed by atoms with Crippen LogP contribution in [0, 0.1) is 6.57 Å². The highest BCUT2D eigenvalue weighted by atomic mass is 16.5. The first-order chi connectivity index (χ1) is 5.85. The van der Waals surface area contributed by atoms with Crippen LogP contribution in [0.3, 0.4) is 0 Å². The number of hydrogen-bond donors (Lipinski definition) is 0. The van der Waals surface area contributed by atoms with Gasteiger partial charge in [-0.3, -0.25) is 9.59 Å². The van der Waals surface area contributed by atoms with Gasteiger partial charge in [-0.2, -0.15) is 0 Å². The van der Waals surface area contributed by atoms with E-state index < -0.39 is 0 Å². The molecule has 1 unspecified atom stereocenters. The molecule has 66 valence electrons. The predicted octanol–water partition coefficient (Wildman–Crippen LogP) is 0.0538. The maximum absolute atomic E-state index is 9.76.